The highest BCUT2D eigenvalue weighted by molar-refractivity contribution is 7.98. The molecule has 0 fully saturated rings. The topological polar surface area (TPSA) is 81.2 Å². The van der Waals surface area contributed by atoms with Crippen LogP contribution in [0.15, 0.2) is 29.4 Å². The first kappa shape index (κ1) is 22.3. The van der Waals surface area contributed by atoms with E-state index in [1.807, 2.05) is 32.2 Å². The summed E-state index contributed by atoms with van der Waals surface area (Å²) in [6.07, 6.45) is 4.75. The van der Waals surface area contributed by atoms with Crippen LogP contribution in [0, 0.1) is 13.8 Å². The molecule has 1 N–H and O–H groups in total. The normalized spacial score (nSPS) is 16.5. The van der Waals surface area contributed by atoms with E-state index in [2.05, 4.69) is 27.4 Å². The zero-order valence-corrected chi connectivity index (χ0v) is 18.8. The van der Waals surface area contributed by atoms with Crippen molar-refractivity contribution >= 4 is 23.6 Å². The summed E-state index contributed by atoms with van der Waals surface area (Å²) in [6.45, 7) is 5.47. The Balaban J connectivity index is 1.53. The molecule has 1 heterocycles. The second-order valence-electron chi connectivity index (χ2n) is 7.64. The first-order valence-electron chi connectivity index (χ1n) is 10.3. The molecule has 160 valence electrons. The summed E-state index contributed by atoms with van der Waals surface area (Å²) in [7, 11) is 0. The first-order chi connectivity index (χ1) is 14.4. The van der Waals surface area contributed by atoms with Gasteiger partial charge in [-0.15, -0.1) is 0 Å². The number of thioether (sulfide) groups is 1. The molecule has 0 saturated carbocycles. The number of amides is 1. The Morgan fingerprint density at radius 1 is 1.23 bits per heavy atom. The van der Waals surface area contributed by atoms with Crippen molar-refractivity contribution in [2.24, 2.45) is 0 Å². The summed E-state index contributed by atoms with van der Waals surface area (Å²) < 4.78 is 5.39. The molecule has 30 heavy (non-hydrogen) atoms. The lowest BCUT2D eigenvalue weighted by Crippen LogP contribution is -2.39. The van der Waals surface area contributed by atoms with Crippen LogP contribution in [0.2, 0.25) is 0 Å². The minimum atomic E-state index is -0.830. The van der Waals surface area contributed by atoms with E-state index in [-0.39, 0.29) is 18.4 Å². The predicted octanol–water partition coefficient (Wildman–Crippen LogP) is 3.87. The lowest BCUT2D eigenvalue weighted by Gasteiger charge is -2.27. The highest BCUT2D eigenvalue weighted by atomic mass is 32.2. The average molecular weight is 428 g/mol. The SMILES string of the molecule is CSc1nc(C)c(CCC(=O)O[C@H](C)C(=O)N[C@H]2CCCc3ccccc32)c(C)n1. The molecule has 2 aromatic rings. The fraction of sp³-hybridized carbons (Fsp3) is 0.478. The lowest BCUT2D eigenvalue weighted by atomic mass is 9.87. The molecule has 1 aromatic heterocycles. The number of carbonyl (C=O) groups is 2. The molecular weight excluding hydrogens is 398 g/mol. The number of esters is 1. The molecule has 0 bridgehead atoms. The molecule has 0 unspecified atom stereocenters. The number of hydrogen-bond donors (Lipinski definition) is 1. The lowest BCUT2D eigenvalue weighted by molar-refractivity contribution is -0.155. The summed E-state index contributed by atoms with van der Waals surface area (Å²) in [5.74, 6) is -0.653. The summed E-state index contributed by atoms with van der Waals surface area (Å²) in [5, 5.41) is 3.77. The molecule has 0 spiro atoms. The number of benzene rings is 1. The van der Waals surface area contributed by atoms with E-state index in [4.69, 9.17) is 4.74 Å². The maximum Gasteiger partial charge on any atom is 0.306 e. The van der Waals surface area contributed by atoms with Gasteiger partial charge >= 0.3 is 5.97 Å². The fourth-order valence-corrected chi connectivity index (χ4v) is 4.35. The summed E-state index contributed by atoms with van der Waals surface area (Å²) in [4.78, 5) is 33.8. The van der Waals surface area contributed by atoms with Crippen LogP contribution in [0.4, 0.5) is 0 Å². The Morgan fingerprint density at radius 3 is 2.63 bits per heavy atom. The third-order valence-corrected chi connectivity index (χ3v) is 6.07. The van der Waals surface area contributed by atoms with Gasteiger partial charge in [0.05, 0.1) is 6.04 Å². The second kappa shape index (κ2) is 10.1. The van der Waals surface area contributed by atoms with Crippen LogP contribution in [0.3, 0.4) is 0 Å². The van der Waals surface area contributed by atoms with Crippen molar-refractivity contribution in [2.75, 3.05) is 6.26 Å². The van der Waals surface area contributed by atoms with Crippen LogP contribution in [0.25, 0.3) is 0 Å². The molecule has 3 rings (SSSR count). The number of ether oxygens (including phenoxy) is 1. The van der Waals surface area contributed by atoms with Crippen LogP contribution in [0.1, 0.15) is 60.3 Å². The second-order valence-corrected chi connectivity index (χ2v) is 8.42. The number of fused-ring (bicyclic) bond motifs is 1. The van der Waals surface area contributed by atoms with Crippen LogP contribution >= 0.6 is 11.8 Å². The summed E-state index contributed by atoms with van der Waals surface area (Å²) in [6, 6.07) is 8.16. The van der Waals surface area contributed by atoms with Gasteiger partial charge in [-0.1, -0.05) is 36.0 Å². The Bertz CT molecular complexity index is 909. The van der Waals surface area contributed by atoms with Crippen molar-refractivity contribution in [2.45, 2.75) is 70.2 Å². The number of hydrogen-bond acceptors (Lipinski definition) is 6. The van der Waals surface area contributed by atoms with Crippen molar-refractivity contribution in [3.05, 3.63) is 52.3 Å². The highest BCUT2D eigenvalue weighted by Crippen LogP contribution is 2.29. The van der Waals surface area contributed by atoms with Crippen molar-refractivity contribution in [3.8, 4) is 0 Å². The molecule has 6 nitrogen and oxygen atoms in total. The number of carbonyl (C=O) groups excluding carboxylic acids is 2. The molecular formula is C23H29N3O3S. The quantitative estimate of drug-likeness (QED) is 0.410. The van der Waals surface area contributed by atoms with Gasteiger partial charge in [0.2, 0.25) is 0 Å². The van der Waals surface area contributed by atoms with Crippen molar-refractivity contribution < 1.29 is 14.3 Å². The van der Waals surface area contributed by atoms with E-state index >= 15 is 0 Å². The van der Waals surface area contributed by atoms with Crippen molar-refractivity contribution in [1.29, 1.82) is 0 Å². The zero-order chi connectivity index (χ0) is 21.7. The Hall–Kier alpha value is -2.41. The smallest absolute Gasteiger partial charge is 0.306 e. The van der Waals surface area contributed by atoms with E-state index in [9.17, 15) is 9.59 Å². The molecule has 2 atom stereocenters. The van der Waals surface area contributed by atoms with Crippen LogP contribution < -0.4 is 5.32 Å². The third-order valence-electron chi connectivity index (χ3n) is 5.53. The fourth-order valence-electron chi connectivity index (χ4n) is 3.89. The van der Waals surface area contributed by atoms with Gasteiger partial charge in [0.25, 0.3) is 5.91 Å². The predicted molar refractivity (Wildman–Crippen MR) is 117 cm³/mol. The highest BCUT2D eigenvalue weighted by Gasteiger charge is 2.25. The largest absolute Gasteiger partial charge is 0.453 e. The number of nitrogens with one attached hydrogen (secondary N) is 1. The first-order valence-corrected chi connectivity index (χ1v) is 11.6. The van der Waals surface area contributed by atoms with Gasteiger partial charge < -0.3 is 10.1 Å². The summed E-state index contributed by atoms with van der Waals surface area (Å²) >= 11 is 1.49. The molecule has 1 aliphatic carbocycles. The standard InChI is InChI=1S/C23H29N3O3S/c1-14-18(15(2)25-23(24-14)30-4)12-13-21(27)29-16(3)22(28)26-20-11-7-9-17-8-5-6-10-19(17)20/h5-6,8,10,16,20H,7,9,11-13H2,1-4H3,(H,26,28)/t16-,20+/m1/s1. The van der Waals surface area contributed by atoms with Gasteiger partial charge in [0.1, 0.15) is 0 Å². The molecule has 0 aliphatic heterocycles. The van der Waals surface area contributed by atoms with E-state index in [0.717, 1.165) is 46.9 Å². The van der Waals surface area contributed by atoms with Gasteiger partial charge in [-0.3, -0.25) is 9.59 Å². The van der Waals surface area contributed by atoms with E-state index in [0.29, 0.717) is 6.42 Å². The van der Waals surface area contributed by atoms with E-state index in [1.54, 1.807) is 6.92 Å². The maximum atomic E-state index is 12.6. The van der Waals surface area contributed by atoms with Gasteiger partial charge in [-0.05, 0) is 69.4 Å². The number of nitrogens with zero attached hydrogens (tertiary/aromatic N) is 2. The molecule has 1 aliphatic rings. The van der Waals surface area contributed by atoms with Gasteiger partial charge in [0.15, 0.2) is 11.3 Å². The maximum absolute atomic E-state index is 12.6. The minimum absolute atomic E-state index is 0.0269. The minimum Gasteiger partial charge on any atom is -0.453 e. The van der Waals surface area contributed by atoms with Crippen molar-refractivity contribution in [1.82, 2.24) is 15.3 Å². The molecule has 1 aromatic carbocycles. The molecule has 0 radical (unpaired) electrons. The molecule has 7 heteroatoms. The zero-order valence-electron chi connectivity index (χ0n) is 18.0. The van der Waals surface area contributed by atoms with Crippen LogP contribution in [-0.2, 0) is 27.2 Å². The van der Waals surface area contributed by atoms with Crippen LogP contribution in [0.5, 0.6) is 0 Å². The molecule has 0 saturated heterocycles. The van der Waals surface area contributed by atoms with Crippen LogP contribution in [-0.4, -0.2) is 34.2 Å². The molecule has 1 amide bonds. The third kappa shape index (κ3) is 5.39. The number of aromatic nitrogens is 2. The van der Waals surface area contributed by atoms with Crippen molar-refractivity contribution in [3.63, 3.8) is 0 Å². The number of aryl methyl sites for hydroxylation is 3. The Morgan fingerprint density at radius 2 is 1.93 bits per heavy atom. The van der Waals surface area contributed by atoms with Gasteiger partial charge in [0, 0.05) is 17.8 Å². The Labute approximate surface area is 182 Å². The van der Waals surface area contributed by atoms with E-state index in [1.165, 1.54) is 17.3 Å². The van der Waals surface area contributed by atoms with E-state index < -0.39 is 12.1 Å². The Kier molecular flexibility index (Phi) is 7.48. The summed E-state index contributed by atoms with van der Waals surface area (Å²) in [5.41, 5.74) is 5.15. The van der Waals surface area contributed by atoms with Gasteiger partial charge in [-0.2, -0.15) is 0 Å². The average Bonchev–Trinajstić information content (AvgIpc) is 2.73. The number of rotatable bonds is 7. The monoisotopic (exact) mass is 427 g/mol. The van der Waals surface area contributed by atoms with Gasteiger partial charge in [-0.25, -0.2) is 9.97 Å².